The van der Waals surface area contributed by atoms with Gasteiger partial charge in [0.05, 0.1) is 13.1 Å². The molecule has 0 aliphatic carbocycles. The van der Waals surface area contributed by atoms with E-state index in [1.807, 2.05) is 24.3 Å². The molecule has 1 aromatic rings. The molecule has 1 aromatic carbocycles. The summed E-state index contributed by atoms with van der Waals surface area (Å²) in [4.78, 5) is 10.4. The zero-order valence-corrected chi connectivity index (χ0v) is 14.3. The van der Waals surface area contributed by atoms with E-state index in [1.165, 1.54) is 12.0 Å². The summed E-state index contributed by atoms with van der Waals surface area (Å²) in [6.07, 6.45) is 5.43. The van der Waals surface area contributed by atoms with Gasteiger partial charge in [-0.2, -0.15) is 0 Å². The van der Waals surface area contributed by atoms with Crippen molar-refractivity contribution in [1.82, 2.24) is 0 Å². The topological polar surface area (TPSA) is 26.3 Å². The first-order valence-corrected chi connectivity index (χ1v) is 10.3. The van der Waals surface area contributed by atoms with Crippen LogP contribution in [0.5, 0.6) is 0 Å². The minimum atomic E-state index is 0. The molecule has 0 spiro atoms. The van der Waals surface area contributed by atoms with Crippen LogP contribution in [0.25, 0.3) is 0 Å². The molecule has 0 saturated heterocycles. The first-order chi connectivity index (χ1) is 8.78. The summed E-state index contributed by atoms with van der Waals surface area (Å²) in [7, 11) is 0. The lowest BCUT2D eigenvalue weighted by Crippen LogP contribution is -1.90. The Morgan fingerprint density at radius 2 is 1.79 bits per heavy atom. The second kappa shape index (κ2) is 16.1. The minimum absolute atomic E-state index is 0. The number of aryl methyl sites for hydroxylation is 1. The average molecular weight is 396 g/mol. The number of rotatable bonds is 7. The number of halogens is 1. The number of hydrogen-bond donors (Lipinski definition) is 0. The Morgan fingerprint density at radius 3 is 2.26 bits per heavy atom. The highest BCUT2D eigenvalue weighted by atomic mass is 127. The molecule has 0 aliphatic heterocycles. The molecule has 19 heavy (non-hydrogen) atoms. The van der Waals surface area contributed by atoms with Gasteiger partial charge in [0.25, 0.3) is 0 Å². The molecule has 0 N–H and O–H groups in total. The van der Waals surface area contributed by atoms with E-state index in [9.17, 15) is 4.79 Å². The Hall–Kier alpha value is 0.01000. The van der Waals surface area contributed by atoms with Crippen LogP contribution in [0.1, 0.15) is 56.5 Å². The lowest BCUT2D eigenvalue weighted by atomic mass is 10.1. The number of hydrogen-bond acceptors (Lipinski definition) is 2. The van der Waals surface area contributed by atoms with Gasteiger partial charge in [-0.3, -0.25) is 4.79 Å². The minimum Gasteiger partial charge on any atom is -0.352 e. The maximum absolute atomic E-state index is 10.4. The Balaban J connectivity index is 0. The van der Waals surface area contributed by atoms with E-state index >= 15 is 0 Å². The fraction of sp³-hybridized carbons (Fsp3) is 0.533. The van der Waals surface area contributed by atoms with Crippen molar-refractivity contribution in [2.24, 2.45) is 0 Å². The highest BCUT2D eigenvalue weighted by Crippen LogP contribution is 2.22. The fourth-order valence-electron chi connectivity index (χ4n) is 1.30. The zero-order chi connectivity index (χ0) is 13.6. The fourth-order valence-corrected chi connectivity index (χ4v) is 2.19. The van der Waals surface area contributed by atoms with Gasteiger partial charge in [0.2, 0.25) is 0 Å². The first-order valence-electron chi connectivity index (χ1n) is 6.30. The molecule has 1 atom stereocenters. The van der Waals surface area contributed by atoms with Crippen LogP contribution in [-0.4, -0.2) is 12.9 Å². The van der Waals surface area contributed by atoms with Gasteiger partial charge in [-0.05, 0) is 46.9 Å². The van der Waals surface area contributed by atoms with E-state index in [2.05, 4.69) is 35.9 Å². The van der Waals surface area contributed by atoms with E-state index in [0.717, 1.165) is 37.7 Å². The van der Waals surface area contributed by atoms with Crippen LogP contribution < -0.4 is 0 Å². The Bertz CT molecular complexity index is 302. The van der Waals surface area contributed by atoms with E-state index in [4.69, 9.17) is 4.52 Å². The van der Waals surface area contributed by atoms with Crippen molar-refractivity contribution < 1.29 is 9.32 Å². The molecule has 1 rings (SSSR count). The van der Waals surface area contributed by atoms with Gasteiger partial charge in [0.15, 0.2) is 0 Å². The Labute approximate surface area is 133 Å². The zero-order valence-electron chi connectivity index (χ0n) is 11.1. The van der Waals surface area contributed by atoms with Crippen molar-refractivity contribution in [3.63, 3.8) is 0 Å². The molecule has 2 nitrogen and oxygen atoms in total. The summed E-state index contributed by atoms with van der Waals surface area (Å²) in [6, 6.07) is 7.77. The van der Waals surface area contributed by atoms with Crippen molar-refractivity contribution >= 4 is 34.8 Å². The van der Waals surface area contributed by atoms with E-state index in [1.54, 1.807) is 0 Å². The van der Waals surface area contributed by atoms with Crippen LogP contribution in [0, 0.1) is 0 Å². The van der Waals surface area contributed by atoms with Crippen LogP contribution in [0.3, 0.4) is 0 Å². The maximum Gasteiger partial charge on any atom is 0.150 e. The summed E-state index contributed by atoms with van der Waals surface area (Å²) in [6.45, 7) is 5.67. The molecular formula is C15H26IO2P. The van der Waals surface area contributed by atoms with E-state index < -0.39 is 0 Å². The summed E-state index contributed by atoms with van der Waals surface area (Å²) in [5, 5.41) is 0. The van der Waals surface area contributed by atoms with Crippen molar-refractivity contribution in [2.75, 3.05) is 6.61 Å². The van der Waals surface area contributed by atoms with Gasteiger partial charge >= 0.3 is 0 Å². The second-order valence-electron chi connectivity index (χ2n) is 3.95. The van der Waals surface area contributed by atoms with Gasteiger partial charge in [-0.25, -0.2) is 0 Å². The highest BCUT2D eigenvalue weighted by Gasteiger charge is 1.94. The SMILES string of the molecule is C.CCC.O=Cc1ccc(CCCCOPI)cc1. The standard InChI is InChI=1S/C11H14IO2P.C3H8.CH4/c12-15-14-8-2-1-3-10-4-6-11(9-13)7-5-10;1-3-2;/h4-7,9,15H,1-3,8H2;3H2,1-2H3;1H4. The Morgan fingerprint density at radius 1 is 1.21 bits per heavy atom. The second-order valence-corrected chi connectivity index (χ2v) is 5.71. The van der Waals surface area contributed by atoms with Crippen LogP contribution >= 0.6 is 28.5 Å². The Kier molecular flexibility index (Phi) is 18.0. The monoisotopic (exact) mass is 396 g/mol. The number of unbranched alkanes of at least 4 members (excludes halogenated alkanes) is 1. The molecule has 0 saturated carbocycles. The molecule has 0 aliphatic rings. The number of aldehydes is 1. The third kappa shape index (κ3) is 12.8. The summed E-state index contributed by atoms with van der Waals surface area (Å²) < 4.78 is 5.28. The maximum atomic E-state index is 10.4. The third-order valence-corrected chi connectivity index (χ3v) is 3.38. The van der Waals surface area contributed by atoms with Gasteiger partial charge in [-0.15, -0.1) is 0 Å². The predicted octanol–water partition coefficient (Wildman–Crippen LogP) is 5.83. The van der Waals surface area contributed by atoms with Gasteiger partial charge in [-0.1, -0.05) is 52.0 Å². The van der Waals surface area contributed by atoms with Gasteiger partial charge in [0, 0.05) is 5.56 Å². The molecule has 4 heteroatoms. The predicted molar refractivity (Wildman–Crippen MR) is 95.8 cm³/mol. The number of carbonyl (C=O) groups is 1. The van der Waals surface area contributed by atoms with Crippen molar-refractivity contribution in [2.45, 2.75) is 47.0 Å². The van der Waals surface area contributed by atoms with Crippen molar-refractivity contribution in [1.29, 1.82) is 0 Å². The average Bonchev–Trinajstić information content (AvgIpc) is 2.40. The summed E-state index contributed by atoms with van der Waals surface area (Å²) in [5.41, 5.74) is 2.03. The molecule has 0 heterocycles. The quantitative estimate of drug-likeness (QED) is 0.251. The van der Waals surface area contributed by atoms with Crippen LogP contribution in [0.15, 0.2) is 24.3 Å². The smallest absolute Gasteiger partial charge is 0.150 e. The molecule has 0 bridgehead atoms. The van der Waals surface area contributed by atoms with Crippen LogP contribution in [0.2, 0.25) is 0 Å². The van der Waals surface area contributed by atoms with Crippen molar-refractivity contribution in [3.8, 4) is 0 Å². The normalized spacial score (nSPS) is 9.63. The lowest BCUT2D eigenvalue weighted by Gasteiger charge is -2.01. The summed E-state index contributed by atoms with van der Waals surface area (Å²) in [5.74, 6) is 0. The van der Waals surface area contributed by atoms with E-state index in [0.29, 0.717) is 6.45 Å². The third-order valence-electron chi connectivity index (χ3n) is 2.13. The van der Waals surface area contributed by atoms with Gasteiger partial charge < -0.3 is 4.52 Å². The van der Waals surface area contributed by atoms with E-state index in [-0.39, 0.29) is 7.43 Å². The van der Waals surface area contributed by atoms with Crippen LogP contribution in [0.4, 0.5) is 0 Å². The molecule has 110 valence electrons. The largest absolute Gasteiger partial charge is 0.352 e. The number of carbonyl (C=O) groups excluding carboxylic acids is 1. The first kappa shape index (κ1) is 21.3. The lowest BCUT2D eigenvalue weighted by molar-refractivity contribution is 0.112. The summed E-state index contributed by atoms with van der Waals surface area (Å²) >= 11 is 2.23. The molecule has 1 unspecified atom stereocenters. The molecule has 0 radical (unpaired) electrons. The highest BCUT2D eigenvalue weighted by molar-refractivity contribution is 14.2. The molecule has 0 fully saturated rings. The molecular weight excluding hydrogens is 370 g/mol. The number of benzene rings is 1. The van der Waals surface area contributed by atoms with Gasteiger partial charge in [0.1, 0.15) is 6.29 Å². The molecule has 0 amide bonds. The van der Waals surface area contributed by atoms with Crippen molar-refractivity contribution in [3.05, 3.63) is 35.4 Å². The van der Waals surface area contributed by atoms with Crippen LogP contribution in [-0.2, 0) is 10.9 Å². The molecule has 0 aromatic heterocycles.